The number of nitrogens with one attached hydrogen (secondary N) is 1. The second-order valence-corrected chi connectivity index (χ2v) is 6.08. The molecular formula is C17H26N2. The summed E-state index contributed by atoms with van der Waals surface area (Å²) in [6, 6.07) is 11.5. The lowest BCUT2D eigenvalue weighted by atomic mass is 9.92. The summed E-state index contributed by atoms with van der Waals surface area (Å²) in [7, 11) is 0. The molecule has 0 spiro atoms. The van der Waals surface area contributed by atoms with Crippen molar-refractivity contribution in [1.82, 2.24) is 4.90 Å². The Bertz CT molecular complexity index is 376. The summed E-state index contributed by atoms with van der Waals surface area (Å²) in [5, 5.41) is 3.52. The highest BCUT2D eigenvalue weighted by atomic mass is 15.2. The first-order valence-corrected chi connectivity index (χ1v) is 7.96. The average Bonchev–Trinajstić information content (AvgIpc) is 2.94. The van der Waals surface area contributed by atoms with Crippen LogP contribution in [0.4, 0.5) is 5.69 Å². The van der Waals surface area contributed by atoms with Gasteiger partial charge in [-0.3, -0.25) is 0 Å². The lowest BCUT2D eigenvalue weighted by molar-refractivity contribution is 0.113. The number of benzene rings is 1. The van der Waals surface area contributed by atoms with E-state index in [1.54, 1.807) is 0 Å². The van der Waals surface area contributed by atoms with Gasteiger partial charge in [-0.1, -0.05) is 24.6 Å². The number of nitrogens with zero attached hydrogens (tertiary/aromatic N) is 1. The molecule has 19 heavy (non-hydrogen) atoms. The second kappa shape index (κ2) is 6.42. The molecule has 3 rings (SSSR count). The lowest BCUT2D eigenvalue weighted by Gasteiger charge is -2.37. The monoisotopic (exact) mass is 258 g/mol. The maximum absolute atomic E-state index is 3.52. The van der Waals surface area contributed by atoms with E-state index in [4.69, 9.17) is 0 Å². The standard InChI is InChI=1S/C17H26N2/c1-2-9-16(10-3-1)18-12-6-14-19-13-5-8-15-7-4-11-17(15)19/h1-3,9-10,15,17-18H,4-8,11-14H2. The molecule has 2 nitrogen and oxygen atoms in total. The molecule has 1 saturated carbocycles. The maximum Gasteiger partial charge on any atom is 0.0340 e. The van der Waals surface area contributed by atoms with E-state index < -0.39 is 0 Å². The third kappa shape index (κ3) is 3.30. The highest BCUT2D eigenvalue weighted by Gasteiger charge is 2.34. The Morgan fingerprint density at radius 1 is 1.05 bits per heavy atom. The molecule has 0 aromatic heterocycles. The minimum atomic E-state index is 0.922. The normalized spacial score (nSPS) is 27.2. The number of hydrogen-bond donors (Lipinski definition) is 1. The van der Waals surface area contributed by atoms with Gasteiger partial charge in [0.05, 0.1) is 0 Å². The first-order chi connectivity index (χ1) is 9.43. The molecule has 2 unspecified atom stereocenters. The minimum absolute atomic E-state index is 0.922. The molecule has 1 N–H and O–H groups in total. The third-order valence-corrected chi connectivity index (χ3v) is 4.83. The molecule has 0 bridgehead atoms. The van der Waals surface area contributed by atoms with Gasteiger partial charge in [-0.2, -0.15) is 0 Å². The van der Waals surface area contributed by atoms with Crippen LogP contribution in [0, 0.1) is 5.92 Å². The first-order valence-electron chi connectivity index (χ1n) is 7.96. The van der Waals surface area contributed by atoms with E-state index in [9.17, 15) is 0 Å². The predicted octanol–water partition coefficient (Wildman–Crippen LogP) is 3.75. The van der Waals surface area contributed by atoms with Crippen LogP contribution in [0.5, 0.6) is 0 Å². The van der Waals surface area contributed by atoms with Gasteiger partial charge in [-0.15, -0.1) is 0 Å². The van der Waals surface area contributed by atoms with Gasteiger partial charge in [-0.25, -0.2) is 0 Å². The fraction of sp³-hybridized carbons (Fsp3) is 0.647. The highest BCUT2D eigenvalue weighted by Crippen LogP contribution is 2.36. The van der Waals surface area contributed by atoms with Gasteiger partial charge in [0.2, 0.25) is 0 Å². The molecule has 1 saturated heterocycles. The molecule has 2 fully saturated rings. The van der Waals surface area contributed by atoms with Crippen LogP contribution in [0.2, 0.25) is 0 Å². The predicted molar refractivity (Wildman–Crippen MR) is 81.5 cm³/mol. The van der Waals surface area contributed by atoms with Crippen molar-refractivity contribution in [2.75, 3.05) is 25.0 Å². The molecule has 1 aliphatic heterocycles. The number of rotatable bonds is 5. The van der Waals surface area contributed by atoms with Gasteiger partial charge >= 0.3 is 0 Å². The third-order valence-electron chi connectivity index (χ3n) is 4.83. The van der Waals surface area contributed by atoms with Crippen molar-refractivity contribution in [2.24, 2.45) is 5.92 Å². The van der Waals surface area contributed by atoms with Crippen LogP contribution in [0.1, 0.15) is 38.5 Å². The van der Waals surface area contributed by atoms with Crippen LogP contribution in [-0.4, -0.2) is 30.6 Å². The van der Waals surface area contributed by atoms with Gasteiger partial charge in [0.15, 0.2) is 0 Å². The molecule has 2 aliphatic rings. The van der Waals surface area contributed by atoms with Crippen LogP contribution in [-0.2, 0) is 0 Å². The molecule has 1 aromatic carbocycles. The smallest absolute Gasteiger partial charge is 0.0340 e. The van der Waals surface area contributed by atoms with Crippen LogP contribution >= 0.6 is 0 Å². The van der Waals surface area contributed by atoms with Crippen molar-refractivity contribution in [1.29, 1.82) is 0 Å². The van der Waals surface area contributed by atoms with Gasteiger partial charge in [0.1, 0.15) is 0 Å². The Morgan fingerprint density at radius 3 is 2.79 bits per heavy atom. The van der Waals surface area contributed by atoms with E-state index in [0.29, 0.717) is 0 Å². The van der Waals surface area contributed by atoms with E-state index in [0.717, 1.165) is 18.5 Å². The highest BCUT2D eigenvalue weighted by molar-refractivity contribution is 5.42. The molecule has 0 radical (unpaired) electrons. The minimum Gasteiger partial charge on any atom is -0.385 e. The Labute approximate surface area is 117 Å². The molecular weight excluding hydrogens is 232 g/mol. The number of anilines is 1. The van der Waals surface area contributed by atoms with E-state index in [-0.39, 0.29) is 0 Å². The van der Waals surface area contributed by atoms with Crippen molar-refractivity contribution >= 4 is 5.69 Å². The zero-order valence-electron chi connectivity index (χ0n) is 11.9. The van der Waals surface area contributed by atoms with E-state index >= 15 is 0 Å². The summed E-state index contributed by atoms with van der Waals surface area (Å²) in [4.78, 5) is 2.77. The molecule has 0 amide bonds. The van der Waals surface area contributed by atoms with Crippen LogP contribution in [0.25, 0.3) is 0 Å². The number of likely N-dealkylation sites (tertiary alicyclic amines) is 1. The van der Waals surface area contributed by atoms with E-state index in [1.165, 1.54) is 57.3 Å². The second-order valence-electron chi connectivity index (χ2n) is 6.08. The fourth-order valence-electron chi connectivity index (χ4n) is 3.91. The van der Waals surface area contributed by atoms with Crippen molar-refractivity contribution in [3.63, 3.8) is 0 Å². The molecule has 104 valence electrons. The number of piperidine rings is 1. The SMILES string of the molecule is c1ccc(NCCCN2CCCC3CCCC32)cc1. The summed E-state index contributed by atoms with van der Waals surface area (Å²) in [5.41, 5.74) is 1.25. The number of hydrogen-bond acceptors (Lipinski definition) is 2. The Kier molecular flexibility index (Phi) is 4.39. The van der Waals surface area contributed by atoms with Gasteiger partial charge in [0, 0.05) is 24.8 Å². The fourth-order valence-corrected chi connectivity index (χ4v) is 3.91. The molecule has 2 atom stereocenters. The Balaban J connectivity index is 1.40. The summed E-state index contributed by atoms with van der Waals surface area (Å²) in [6.45, 7) is 3.71. The largest absolute Gasteiger partial charge is 0.385 e. The quantitative estimate of drug-likeness (QED) is 0.809. The summed E-state index contributed by atoms with van der Waals surface area (Å²) in [5.74, 6) is 1.02. The van der Waals surface area contributed by atoms with Gasteiger partial charge in [0.25, 0.3) is 0 Å². The molecule has 1 aromatic rings. The first kappa shape index (κ1) is 13.0. The van der Waals surface area contributed by atoms with Crippen LogP contribution in [0.15, 0.2) is 30.3 Å². The Morgan fingerprint density at radius 2 is 1.89 bits per heavy atom. The van der Waals surface area contributed by atoms with Crippen LogP contribution in [0.3, 0.4) is 0 Å². The van der Waals surface area contributed by atoms with E-state index in [2.05, 4.69) is 40.5 Å². The Hall–Kier alpha value is -1.02. The maximum atomic E-state index is 3.52. The zero-order chi connectivity index (χ0) is 12.9. The summed E-state index contributed by atoms with van der Waals surface area (Å²) in [6.07, 6.45) is 8.59. The van der Waals surface area contributed by atoms with Gasteiger partial charge in [-0.05, 0) is 56.7 Å². The topological polar surface area (TPSA) is 15.3 Å². The number of para-hydroxylation sites is 1. The molecule has 1 aliphatic carbocycles. The van der Waals surface area contributed by atoms with Crippen molar-refractivity contribution in [3.8, 4) is 0 Å². The van der Waals surface area contributed by atoms with Crippen molar-refractivity contribution < 1.29 is 0 Å². The average molecular weight is 258 g/mol. The zero-order valence-corrected chi connectivity index (χ0v) is 11.9. The lowest BCUT2D eigenvalue weighted by Crippen LogP contribution is -2.43. The van der Waals surface area contributed by atoms with E-state index in [1.807, 2.05) is 0 Å². The molecule has 1 heterocycles. The molecule has 2 heteroatoms. The van der Waals surface area contributed by atoms with Crippen LogP contribution < -0.4 is 5.32 Å². The number of fused-ring (bicyclic) bond motifs is 1. The summed E-state index contributed by atoms with van der Waals surface area (Å²) < 4.78 is 0. The van der Waals surface area contributed by atoms with Gasteiger partial charge < -0.3 is 10.2 Å². The van der Waals surface area contributed by atoms with Crippen molar-refractivity contribution in [2.45, 2.75) is 44.6 Å². The summed E-state index contributed by atoms with van der Waals surface area (Å²) >= 11 is 0. The van der Waals surface area contributed by atoms with Crippen molar-refractivity contribution in [3.05, 3.63) is 30.3 Å².